The van der Waals surface area contributed by atoms with Crippen molar-refractivity contribution >= 4 is 5.97 Å². The van der Waals surface area contributed by atoms with Crippen molar-refractivity contribution < 1.29 is 27.5 Å². The van der Waals surface area contributed by atoms with Gasteiger partial charge in [0.15, 0.2) is 0 Å². The molecule has 0 aliphatic heterocycles. The van der Waals surface area contributed by atoms with E-state index >= 15 is 0 Å². The lowest BCUT2D eigenvalue weighted by molar-refractivity contribution is -0.138. The van der Waals surface area contributed by atoms with Crippen LogP contribution in [0.3, 0.4) is 0 Å². The monoisotopic (exact) mass is 237 g/mol. The van der Waals surface area contributed by atoms with E-state index in [4.69, 9.17) is 5.11 Å². The summed E-state index contributed by atoms with van der Waals surface area (Å²) in [6, 6.07) is 0. The third-order valence-electron chi connectivity index (χ3n) is 1.96. The first kappa shape index (κ1) is 12.4. The molecule has 1 aromatic heterocycles. The van der Waals surface area contributed by atoms with Gasteiger partial charge < -0.3 is 5.11 Å². The molecule has 1 unspecified atom stereocenters. The van der Waals surface area contributed by atoms with Gasteiger partial charge in [0.25, 0.3) is 0 Å². The second-order valence-corrected chi connectivity index (χ2v) is 3.06. The Kier molecular flexibility index (Phi) is 3.81. The van der Waals surface area contributed by atoms with E-state index in [1.165, 1.54) is 0 Å². The summed E-state index contributed by atoms with van der Waals surface area (Å²) in [5.74, 6) is -6.11. The van der Waals surface area contributed by atoms with Gasteiger partial charge >= 0.3 is 5.97 Å². The molecule has 7 heteroatoms. The molecule has 0 amide bonds. The Labute approximate surface area is 87.7 Å². The average molecular weight is 237 g/mol. The first-order valence-electron chi connectivity index (χ1n) is 4.22. The lowest BCUT2D eigenvalue weighted by Crippen LogP contribution is -2.17. The number of carboxylic acids is 1. The van der Waals surface area contributed by atoms with Crippen molar-refractivity contribution in [2.45, 2.75) is 18.8 Å². The summed E-state index contributed by atoms with van der Waals surface area (Å²) in [5.41, 5.74) is -0.938. The molecule has 0 aliphatic carbocycles. The highest BCUT2D eigenvalue weighted by atomic mass is 19.3. The molecule has 0 radical (unpaired) electrons. The zero-order chi connectivity index (χ0) is 12.3. The van der Waals surface area contributed by atoms with Crippen LogP contribution in [0.15, 0.2) is 12.4 Å². The molecule has 88 valence electrons. The van der Waals surface area contributed by atoms with Crippen molar-refractivity contribution in [2.75, 3.05) is 0 Å². The van der Waals surface area contributed by atoms with Crippen LogP contribution in [0.2, 0.25) is 0 Å². The summed E-state index contributed by atoms with van der Waals surface area (Å²) in [6.07, 6.45) is -3.08. The maximum atomic E-state index is 13.1. The number of halogens is 4. The Bertz CT molecular complexity index is 377. The standard InChI is InChI=1S/C9H7F4NO2/c10-5-2-14-3-6(11)8(5)4(9(12)13)1-7(15)16/h2-4,9H,1H2,(H,15,16). The summed E-state index contributed by atoms with van der Waals surface area (Å²) in [7, 11) is 0. The molecule has 0 saturated carbocycles. The predicted octanol–water partition coefficient (Wildman–Crippen LogP) is 2.18. The average Bonchev–Trinajstić information content (AvgIpc) is 2.15. The van der Waals surface area contributed by atoms with Crippen molar-refractivity contribution in [1.29, 1.82) is 0 Å². The van der Waals surface area contributed by atoms with Gasteiger partial charge in [0.1, 0.15) is 11.6 Å². The van der Waals surface area contributed by atoms with Crippen LogP contribution in [-0.2, 0) is 4.79 Å². The molecule has 3 nitrogen and oxygen atoms in total. The van der Waals surface area contributed by atoms with Gasteiger partial charge in [0, 0.05) is 5.56 Å². The van der Waals surface area contributed by atoms with Gasteiger partial charge in [-0.25, -0.2) is 17.6 Å². The van der Waals surface area contributed by atoms with Crippen molar-refractivity contribution in [1.82, 2.24) is 4.98 Å². The van der Waals surface area contributed by atoms with E-state index in [-0.39, 0.29) is 0 Å². The van der Waals surface area contributed by atoms with Crippen molar-refractivity contribution in [2.24, 2.45) is 0 Å². The Balaban J connectivity index is 3.15. The summed E-state index contributed by atoms with van der Waals surface area (Å²) >= 11 is 0. The number of aliphatic carboxylic acids is 1. The fourth-order valence-corrected chi connectivity index (χ4v) is 1.28. The summed E-state index contributed by atoms with van der Waals surface area (Å²) in [6.45, 7) is 0. The molecule has 1 N–H and O–H groups in total. The normalized spacial score (nSPS) is 12.8. The number of nitrogens with zero attached hydrogens (tertiary/aromatic N) is 1. The molecular formula is C9H7F4NO2. The van der Waals surface area contributed by atoms with Gasteiger partial charge in [-0.05, 0) is 0 Å². The van der Waals surface area contributed by atoms with E-state index in [1.807, 2.05) is 0 Å². The molecule has 0 spiro atoms. The van der Waals surface area contributed by atoms with Crippen molar-refractivity contribution in [3.63, 3.8) is 0 Å². The third kappa shape index (κ3) is 2.68. The van der Waals surface area contributed by atoms with Gasteiger partial charge in [0.2, 0.25) is 6.43 Å². The molecule has 1 heterocycles. The van der Waals surface area contributed by atoms with Crippen LogP contribution >= 0.6 is 0 Å². The second-order valence-electron chi connectivity index (χ2n) is 3.06. The molecule has 16 heavy (non-hydrogen) atoms. The van der Waals surface area contributed by atoms with Gasteiger partial charge in [-0.1, -0.05) is 0 Å². The fraction of sp³-hybridized carbons (Fsp3) is 0.333. The number of aromatic nitrogens is 1. The largest absolute Gasteiger partial charge is 0.481 e. The highest BCUT2D eigenvalue weighted by molar-refractivity contribution is 5.68. The lowest BCUT2D eigenvalue weighted by atomic mass is 9.96. The maximum Gasteiger partial charge on any atom is 0.304 e. The lowest BCUT2D eigenvalue weighted by Gasteiger charge is -2.15. The van der Waals surface area contributed by atoms with Crippen LogP contribution in [-0.4, -0.2) is 22.5 Å². The molecule has 0 fully saturated rings. The topological polar surface area (TPSA) is 50.2 Å². The van der Waals surface area contributed by atoms with Gasteiger partial charge in [0.05, 0.1) is 24.7 Å². The Morgan fingerprint density at radius 3 is 2.19 bits per heavy atom. The molecule has 0 aliphatic rings. The predicted molar refractivity (Wildman–Crippen MR) is 45.2 cm³/mol. The van der Waals surface area contributed by atoms with Crippen LogP contribution in [0.25, 0.3) is 0 Å². The Morgan fingerprint density at radius 2 is 1.81 bits per heavy atom. The van der Waals surface area contributed by atoms with Crippen LogP contribution in [0.5, 0.6) is 0 Å². The SMILES string of the molecule is O=C(O)CC(c1c(F)cncc1F)C(F)F. The maximum absolute atomic E-state index is 13.1. The molecule has 1 atom stereocenters. The zero-order valence-electron chi connectivity index (χ0n) is 7.83. The van der Waals surface area contributed by atoms with E-state index in [2.05, 4.69) is 4.98 Å². The molecule has 0 bridgehead atoms. The van der Waals surface area contributed by atoms with Crippen molar-refractivity contribution in [3.05, 3.63) is 29.6 Å². The minimum Gasteiger partial charge on any atom is -0.481 e. The minimum atomic E-state index is -3.16. The van der Waals surface area contributed by atoms with E-state index < -0.39 is 41.9 Å². The summed E-state index contributed by atoms with van der Waals surface area (Å²) < 4.78 is 51.1. The third-order valence-corrected chi connectivity index (χ3v) is 1.96. The number of hydrogen-bond donors (Lipinski definition) is 1. The van der Waals surface area contributed by atoms with E-state index in [9.17, 15) is 22.4 Å². The Hall–Kier alpha value is -1.66. The van der Waals surface area contributed by atoms with E-state index in [0.717, 1.165) is 0 Å². The summed E-state index contributed by atoms with van der Waals surface area (Å²) in [5, 5.41) is 8.38. The molecule has 1 rings (SSSR count). The smallest absolute Gasteiger partial charge is 0.304 e. The molecule has 0 aromatic carbocycles. The number of carbonyl (C=O) groups is 1. The Morgan fingerprint density at radius 1 is 1.31 bits per heavy atom. The van der Waals surface area contributed by atoms with Crippen LogP contribution < -0.4 is 0 Å². The highest BCUT2D eigenvalue weighted by Gasteiger charge is 2.30. The molecule has 1 aromatic rings. The van der Waals surface area contributed by atoms with Gasteiger partial charge in [-0.15, -0.1) is 0 Å². The van der Waals surface area contributed by atoms with Gasteiger partial charge in [-0.2, -0.15) is 0 Å². The number of rotatable bonds is 4. The van der Waals surface area contributed by atoms with Gasteiger partial charge in [-0.3, -0.25) is 9.78 Å². The number of pyridine rings is 1. The quantitative estimate of drug-likeness (QED) is 0.816. The fourth-order valence-electron chi connectivity index (χ4n) is 1.28. The van der Waals surface area contributed by atoms with Crippen LogP contribution in [0.4, 0.5) is 17.6 Å². The number of alkyl halides is 2. The van der Waals surface area contributed by atoms with E-state index in [1.54, 1.807) is 0 Å². The second kappa shape index (κ2) is 4.91. The highest BCUT2D eigenvalue weighted by Crippen LogP contribution is 2.30. The zero-order valence-corrected chi connectivity index (χ0v) is 7.83. The molecule has 0 saturated heterocycles. The molecular weight excluding hydrogens is 230 g/mol. The first-order valence-corrected chi connectivity index (χ1v) is 4.22. The first-order chi connectivity index (χ1) is 7.43. The van der Waals surface area contributed by atoms with Crippen LogP contribution in [0.1, 0.15) is 17.9 Å². The van der Waals surface area contributed by atoms with Crippen molar-refractivity contribution in [3.8, 4) is 0 Å². The number of carboxylic acid groups (broad SMARTS) is 1. The minimum absolute atomic E-state index is 0.565. The summed E-state index contributed by atoms with van der Waals surface area (Å²) in [4.78, 5) is 13.4. The van der Waals surface area contributed by atoms with E-state index in [0.29, 0.717) is 12.4 Å². The number of hydrogen-bond acceptors (Lipinski definition) is 2. The van der Waals surface area contributed by atoms with Crippen LogP contribution in [0, 0.1) is 11.6 Å².